The fourth-order valence-electron chi connectivity index (χ4n) is 3.32. The Bertz CT molecular complexity index is 1080. The van der Waals surface area contributed by atoms with Crippen molar-refractivity contribution < 1.29 is 9.18 Å². The van der Waals surface area contributed by atoms with Crippen LogP contribution in [0.4, 0.5) is 14.9 Å². The van der Waals surface area contributed by atoms with Gasteiger partial charge in [-0.2, -0.15) is 0 Å². The Balaban J connectivity index is 1.83. The molecule has 0 bridgehead atoms. The highest BCUT2D eigenvalue weighted by atomic mass is 19.1. The predicted molar refractivity (Wildman–Crippen MR) is 118 cm³/mol. The first-order valence-electron chi connectivity index (χ1n) is 9.91. The van der Waals surface area contributed by atoms with E-state index < -0.39 is 0 Å². The third-order valence-electron chi connectivity index (χ3n) is 4.94. The van der Waals surface area contributed by atoms with Crippen LogP contribution in [0.5, 0.6) is 0 Å². The standard InChI is InChI=1S/C23H27FN4O2/c1-16-6-4-7-17-14-18(22(29)26-21(16)17)15-28(13-5-12-27(2)3)23(30)25-20-10-8-19(24)9-11-20/h4,6-11,14H,5,12-13,15H2,1-3H3,(H,25,30)(H,26,29). The molecule has 30 heavy (non-hydrogen) atoms. The summed E-state index contributed by atoms with van der Waals surface area (Å²) in [6.45, 7) is 3.42. The molecule has 2 N–H and O–H groups in total. The fourth-order valence-corrected chi connectivity index (χ4v) is 3.32. The number of aromatic nitrogens is 1. The number of rotatable bonds is 7. The number of nitrogens with zero attached hydrogens (tertiary/aromatic N) is 2. The number of anilines is 1. The highest BCUT2D eigenvalue weighted by Gasteiger charge is 2.17. The van der Waals surface area contributed by atoms with E-state index in [1.54, 1.807) is 4.90 Å². The van der Waals surface area contributed by atoms with Crippen LogP contribution in [0.25, 0.3) is 10.9 Å². The minimum Gasteiger partial charge on any atom is -0.321 e. The van der Waals surface area contributed by atoms with Crippen LogP contribution in [0.3, 0.4) is 0 Å². The van der Waals surface area contributed by atoms with E-state index in [1.165, 1.54) is 24.3 Å². The third kappa shape index (κ3) is 5.45. The molecule has 2 aromatic carbocycles. The summed E-state index contributed by atoms with van der Waals surface area (Å²) >= 11 is 0. The topological polar surface area (TPSA) is 68.4 Å². The van der Waals surface area contributed by atoms with Gasteiger partial charge in [-0.1, -0.05) is 18.2 Å². The first-order chi connectivity index (χ1) is 14.3. The summed E-state index contributed by atoms with van der Waals surface area (Å²) in [4.78, 5) is 32.2. The van der Waals surface area contributed by atoms with Gasteiger partial charge in [0, 0.05) is 17.8 Å². The molecule has 158 valence electrons. The number of benzene rings is 2. The summed E-state index contributed by atoms with van der Waals surface area (Å²) in [5.41, 5.74) is 2.62. The zero-order valence-electron chi connectivity index (χ0n) is 17.5. The number of fused-ring (bicyclic) bond motifs is 1. The molecular weight excluding hydrogens is 383 g/mol. The lowest BCUT2D eigenvalue weighted by molar-refractivity contribution is 0.205. The first-order valence-corrected chi connectivity index (χ1v) is 9.91. The molecule has 0 saturated heterocycles. The average Bonchev–Trinajstić information content (AvgIpc) is 2.70. The number of H-pyrrole nitrogens is 1. The van der Waals surface area contributed by atoms with Crippen LogP contribution in [-0.4, -0.2) is 48.0 Å². The van der Waals surface area contributed by atoms with Gasteiger partial charge in [-0.3, -0.25) is 4.79 Å². The van der Waals surface area contributed by atoms with Gasteiger partial charge in [-0.05, 0) is 75.3 Å². The number of nitrogens with one attached hydrogen (secondary N) is 2. The molecule has 7 heteroatoms. The lowest BCUT2D eigenvalue weighted by atomic mass is 10.1. The maximum atomic E-state index is 13.1. The summed E-state index contributed by atoms with van der Waals surface area (Å²) in [7, 11) is 3.94. The number of pyridine rings is 1. The molecule has 1 aromatic heterocycles. The van der Waals surface area contributed by atoms with Crippen LogP contribution in [0.2, 0.25) is 0 Å². The van der Waals surface area contributed by atoms with E-state index in [9.17, 15) is 14.0 Å². The first kappa shape index (κ1) is 21.5. The fraction of sp³-hybridized carbons (Fsp3) is 0.304. The second kappa shape index (κ2) is 9.54. The van der Waals surface area contributed by atoms with Crippen molar-refractivity contribution >= 4 is 22.6 Å². The summed E-state index contributed by atoms with van der Waals surface area (Å²) in [6.07, 6.45) is 0.758. The van der Waals surface area contributed by atoms with Gasteiger partial charge in [0.2, 0.25) is 0 Å². The van der Waals surface area contributed by atoms with Crippen molar-refractivity contribution in [2.75, 3.05) is 32.5 Å². The van der Waals surface area contributed by atoms with E-state index in [0.717, 1.165) is 29.4 Å². The molecule has 0 fully saturated rings. The summed E-state index contributed by atoms with van der Waals surface area (Å²) in [6, 6.07) is 12.9. The second-order valence-electron chi connectivity index (χ2n) is 7.68. The number of aromatic amines is 1. The van der Waals surface area contributed by atoms with Crippen LogP contribution in [0.1, 0.15) is 17.5 Å². The molecule has 0 atom stereocenters. The number of carbonyl (C=O) groups is 1. The van der Waals surface area contributed by atoms with Gasteiger partial charge in [0.15, 0.2) is 0 Å². The highest BCUT2D eigenvalue weighted by Crippen LogP contribution is 2.16. The van der Waals surface area contributed by atoms with Crippen molar-refractivity contribution in [1.29, 1.82) is 0 Å². The van der Waals surface area contributed by atoms with Crippen LogP contribution < -0.4 is 10.9 Å². The van der Waals surface area contributed by atoms with E-state index in [4.69, 9.17) is 0 Å². The molecule has 6 nitrogen and oxygen atoms in total. The smallest absolute Gasteiger partial charge is 0.321 e. The third-order valence-corrected chi connectivity index (χ3v) is 4.94. The molecule has 0 radical (unpaired) electrons. The Morgan fingerprint density at radius 3 is 2.53 bits per heavy atom. The molecule has 1 heterocycles. The zero-order valence-corrected chi connectivity index (χ0v) is 17.5. The van der Waals surface area contributed by atoms with Crippen molar-refractivity contribution in [3.63, 3.8) is 0 Å². The van der Waals surface area contributed by atoms with Crippen LogP contribution in [-0.2, 0) is 6.54 Å². The molecule has 0 saturated carbocycles. The highest BCUT2D eigenvalue weighted by molar-refractivity contribution is 5.89. The van der Waals surface area contributed by atoms with Crippen LogP contribution in [0.15, 0.2) is 53.3 Å². The van der Waals surface area contributed by atoms with E-state index in [1.807, 2.05) is 50.2 Å². The normalized spacial score (nSPS) is 11.1. The SMILES string of the molecule is Cc1cccc2cc(CN(CCCN(C)C)C(=O)Nc3ccc(F)cc3)c(=O)[nH]c12. The second-order valence-corrected chi connectivity index (χ2v) is 7.68. The van der Waals surface area contributed by atoms with Crippen molar-refractivity contribution in [3.05, 3.63) is 75.8 Å². The Labute approximate surface area is 175 Å². The summed E-state index contributed by atoms with van der Waals surface area (Å²) in [5, 5.41) is 3.72. The van der Waals surface area contributed by atoms with Crippen molar-refractivity contribution in [2.24, 2.45) is 0 Å². The zero-order chi connectivity index (χ0) is 21.7. The van der Waals surface area contributed by atoms with Crippen LogP contribution in [0, 0.1) is 12.7 Å². The number of amides is 2. The molecule has 3 aromatic rings. The maximum absolute atomic E-state index is 13.1. The van der Waals surface area contributed by atoms with Crippen molar-refractivity contribution in [1.82, 2.24) is 14.8 Å². The molecule has 0 aliphatic rings. The van der Waals surface area contributed by atoms with Gasteiger partial charge in [-0.25, -0.2) is 9.18 Å². The largest absolute Gasteiger partial charge is 0.322 e. The van der Waals surface area contributed by atoms with Crippen molar-refractivity contribution in [3.8, 4) is 0 Å². The number of halogens is 1. The monoisotopic (exact) mass is 410 g/mol. The molecule has 0 spiro atoms. The Morgan fingerprint density at radius 2 is 1.83 bits per heavy atom. The molecule has 0 aliphatic heterocycles. The number of urea groups is 1. The Morgan fingerprint density at radius 1 is 1.10 bits per heavy atom. The number of carbonyl (C=O) groups excluding carboxylic acids is 1. The maximum Gasteiger partial charge on any atom is 0.322 e. The van der Waals surface area contributed by atoms with E-state index in [-0.39, 0.29) is 24.0 Å². The predicted octanol–water partition coefficient (Wildman–Crippen LogP) is 3.96. The molecule has 3 rings (SSSR count). The number of hydrogen-bond donors (Lipinski definition) is 2. The van der Waals surface area contributed by atoms with Gasteiger partial charge >= 0.3 is 6.03 Å². The number of aryl methyl sites for hydroxylation is 1. The Kier molecular flexibility index (Phi) is 6.84. The molecule has 0 aliphatic carbocycles. The lowest BCUT2D eigenvalue weighted by Gasteiger charge is -2.24. The summed E-state index contributed by atoms with van der Waals surface area (Å²) < 4.78 is 13.1. The lowest BCUT2D eigenvalue weighted by Crippen LogP contribution is -2.37. The van der Waals surface area contributed by atoms with Gasteiger partial charge in [-0.15, -0.1) is 0 Å². The molecule has 0 unspecified atom stereocenters. The van der Waals surface area contributed by atoms with Gasteiger partial charge in [0.1, 0.15) is 5.82 Å². The van der Waals surface area contributed by atoms with E-state index >= 15 is 0 Å². The van der Waals surface area contributed by atoms with Gasteiger partial charge in [0.05, 0.1) is 12.1 Å². The van der Waals surface area contributed by atoms with E-state index in [0.29, 0.717) is 17.8 Å². The average molecular weight is 410 g/mol. The van der Waals surface area contributed by atoms with Crippen molar-refractivity contribution in [2.45, 2.75) is 19.9 Å². The Hall–Kier alpha value is -3.19. The number of para-hydroxylation sites is 1. The van der Waals surface area contributed by atoms with Gasteiger partial charge in [0.25, 0.3) is 5.56 Å². The quantitative estimate of drug-likeness (QED) is 0.620. The summed E-state index contributed by atoms with van der Waals surface area (Å²) in [5.74, 6) is -0.367. The number of hydrogen-bond acceptors (Lipinski definition) is 3. The van der Waals surface area contributed by atoms with Crippen LogP contribution >= 0.6 is 0 Å². The van der Waals surface area contributed by atoms with Gasteiger partial charge < -0.3 is 20.1 Å². The molecular formula is C23H27FN4O2. The minimum absolute atomic E-state index is 0.180. The van der Waals surface area contributed by atoms with E-state index in [2.05, 4.69) is 10.3 Å². The molecule has 2 amide bonds. The minimum atomic E-state index is -0.367.